The van der Waals surface area contributed by atoms with Crippen molar-refractivity contribution in [3.8, 4) is 0 Å². The molecule has 0 aliphatic carbocycles. The van der Waals surface area contributed by atoms with Crippen LogP contribution in [-0.4, -0.2) is 41.2 Å². The number of pyridine rings is 1. The van der Waals surface area contributed by atoms with Crippen molar-refractivity contribution in [1.29, 1.82) is 0 Å². The molecule has 116 valence electrons. The van der Waals surface area contributed by atoms with E-state index < -0.39 is 29.2 Å². The highest BCUT2D eigenvalue weighted by molar-refractivity contribution is 5.96. The van der Waals surface area contributed by atoms with Gasteiger partial charge in [-0.15, -0.1) is 0 Å². The van der Waals surface area contributed by atoms with Crippen LogP contribution in [0.5, 0.6) is 0 Å². The third-order valence-electron chi connectivity index (χ3n) is 2.62. The highest BCUT2D eigenvalue weighted by Gasteiger charge is 2.36. The molecule has 1 rings (SSSR count). The average Bonchev–Trinajstić information content (AvgIpc) is 2.37. The van der Waals surface area contributed by atoms with Gasteiger partial charge in [0.25, 0.3) is 5.91 Å². The maximum absolute atomic E-state index is 12.4. The Labute approximate surface area is 117 Å². The van der Waals surface area contributed by atoms with E-state index in [0.717, 1.165) is 6.07 Å². The molecule has 21 heavy (non-hydrogen) atoms. The van der Waals surface area contributed by atoms with Crippen molar-refractivity contribution >= 4 is 11.9 Å². The van der Waals surface area contributed by atoms with Gasteiger partial charge in [0.15, 0.2) is 5.54 Å². The first kappa shape index (κ1) is 16.9. The first-order valence-corrected chi connectivity index (χ1v) is 5.68. The van der Waals surface area contributed by atoms with E-state index in [4.69, 9.17) is 9.84 Å². The van der Waals surface area contributed by atoms with Crippen molar-refractivity contribution < 1.29 is 32.6 Å². The number of amides is 1. The van der Waals surface area contributed by atoms with Gasteiger partial charge in [-0.25, -0.2) is 4.79 Å². The predicted molar refractivity (Wildman–Crippen MR) is 64.6 cm³/mol. The van der Waals surface area contributed by atoms with Crippen molar-refractivity contribution in [3.63, 3.8) is 0 Å². The summed E-state index contributed by atoms with van der Waals surface area (Å²) < 4.78 is 41.8. The quantitative estimate of drug-likeness (QED) is 0.856. The number of ether oxygens (including phenoxy) is 1. The molecule has 9 heteroatoms. The predicted octanol–water partition coefficient (Wildman–Crippen LogP) is 1.32. The SMILES string of the molecule is COCC(C)(NC(=O)c1ccc(C(F)(F)F)cn1)C(=O)O. The number of hydrogen-bond acceptors (Lipinski definition) is 4. The van der Waals surface area contributed by atoms with E-state index in [-0.39, 0.29) is 12.3 Å². The van der Waals surface area contributed by atoms with Crippen molar-refractivity contribution in [2.45, 2.75) is 18.6 Å². The average molecular weight is 306 g/mol. The Morgan fingerprint density at radius 3 is 2.38 bits per heavy atom. The van der Waals surface area contributed by atoms with E-state index >= 15 is 0 Å². The molecule has 1 heterocycles. The van der Waals surface area contributed by atoms with Gasteiger partial charge in [0.1, 0.15) is 5.69 Å². The lowest BCUT2D eigenvalue weighted by molar-refractivity contribution is -0.146. The molecule has 0 saturated carbocycles. The number of carbonyl (C=O) groups is 2. The minimum atomic E-state index is -4.56. The Balaban J connectivity index is 2.91. The highest BCUT2D eigenvalue weighted by Crippen LogP contribution is 2.28. The van der Waals surface area contributed by atoms with Crippen LogP contribution in [-0.2, 0) is 15.7 Å². The molecule has 1 amide bonds. The van der Waals surface area contributed by atoms with Gasteiger partial charge < -0.3 is 15.2 Å². The number of alkyl halides is 3. The third-order valence-corrected chi connectivity index (χ3v) is 2.62. The van der Waals surface area contributed by atoms with Crippen molar-refractivity contribution in [1.82, 2.24) is 10.3 Å². The molecule has 1 atom stereocenters. The molecule has 1 unspecified atom stereocenters. The summed E-state index contributed by atoms with van der Waals surface area (Å²) >= 11 is 0. The number of carbonyl (C=O) groups excluding carboxylic acids is 1. The maximum Gasteiger partial charge on any atom is 0.417 e. The Hall–Kier alpha value is -2.16. The summed E-state index contributed by atoms with van der Waals surface area (Å²) in [5.41, 5.74) is -3.04. The largest absolute Gasteiger partial charge is 0.479 e. The van der Waals surface area contributed by atoms with Gasteiger partial charge in [-0.3, -0.25) is 9.78 Å². The summed E-state index contributed by atoms with van der Waals surface area (Å²) in [7, 11) is 1.25. The highest BCUT2D eigenvalue weighted by atomic mass is 19.4. The fourth-order valence-electron chi connectivity index (χ4n) is 1.45. The normalized spacial score (nSPS) is 14.3. The number of halogens is 3. The number of nitrogens with one attached hydrogen (secondary N) is 1. The molecule has 0 aliphatic rings. The van der Waals surface area contributed by atoms with Crippen molar-refractivity contribution in [2.24, 2.45) is 0 Å². The van der Waals surface area contributed by atoms with E-state index in [9.17, 15) is 22.8 Å². The number of aliphatic carboxylic acids is 1. The van der Waals surface area contributed by atoms with Gasteiger partial charge in [-0.2, -0.15) is 13.2 Å². The molecule has 0 radical (unpaired) electrons. The maximum atomic E-state index is 12.4. The van der Waals surface area contributed by atoms with E-state index in [1.165, 1.54) is 14.0 Å². The number of rotatable bonds is 5. The fraction of sp³-hybridized carbons (Fsp3) is 0.417. The Morgan fingerprint density at radius 1 is 1.38 bits per heavy atom. The molecule has 0 saturated heterocycles. The number of carboxylic acids is 1. The molecule has 6 nitrogen and oxygen atoms in total. The zero-order valence-electron chi connectivity index (χ0n) is 11.2. The summed E-state index contributed by atoms with van der Waals surface area (Å²) in [6.45, 7) is 0.898. The second kappa shape index (κ2) is 6.08. The molecule has 0 aliphatic heterocycles. The summed E-state index contributed by atoms with van der Waals surface area (Å²) in [6, 6.07) is 1.56. The van der Waals surface area contributed by atoms with Crippen LogP contribution in [0.4, 0.5) is 13.2 Å². The zero-order valence-corrected chi connectivity index (χ0v) is 11.2. The van der Waals surface area contributed by atoms with E-state index in [0.29, 0.717) is 12.3 Å². The van der Waals surface area contributed by atoms with E-state index in [1.807, 2.05) is 0 Å². The summed E-state index contributed by atoms with van der Waals surface area (Å²) in [5.74, 6) is -2.25. The minimum Gasteiger partial charge on any atom is -0.479 e. The molecular weight excluding hydrogens is 293 g/mol. The molecule has 0 fully saturated rings. The van der Waals surface area contributed by atoms with Crippen LogP contribution in [0, 0.1) is 0 Å². The number of aromatic nitrogens is 1. The molecule has 1 aromatic rings. The van der Waals surface area contributed by atoms with Crippen LogP contribution >= 0.6 is 0 Å². The van der Waals surface area contributed by atoms with Gasteiger partial charge in [0.2, 0.25) is 0 Å². The number of nitrogens with zero attached hydrogens (tertiary/aromatic N) is 1. The lowest BCUT2D eigenvalue weighted by Gasteiger charge is -2.25. The van der Waals surface area contributed by atoms with Gasteiger partial charge >= 0.3 is 12.1 Å². The molecule has 1 aromatic heterocycles. The third kappa shape index (κ3) is 4.15. The van der Waals surface area contributed by atoms with Crippen LogP contribution < -0.4 is 5.32 Å². The van der Waals surface area contributed by atoms with E-state index in [1.54, 1.807) is 0 Å². The Morgan fingerprint density at radius 2 is 2.00 bits per heavy atom. The Bertz CT molecular complexity index is 530. The lowest BCUT2D eigenvalue weighted by atomic mass is 10.0. The summed E-state index contributed by atoms with van der Waals surface area (Å²) in [5, 5.41) is 11.2. The monoisotopic (exact) mass is 306 g/mol. The van der Waals surface area contributed by atoms with E-state index in [2.05, 4.69) is 10.3 Å². The van der Waals surface area contributed by atoms with Crippen LogP contribution in [0.15, 0.2) is 18.3 Å². The minimum absolute atomic E-state index is 0.311. The number of carboxylic acid groups (broad SMARTS) is 1. The van der Waals surface area contributed by atoms with Gasteiger partial charge in [-0.05, 0) is 19.1 Å². The van der Waals surface area contributed by atoms with Gasteiger partial charge in [0.05, 0.1) is 12.2 Å². The van der Waals surface area contributed by atoms with Crippen molar-refractivity contribution in [2.75, 3.05) is 13.7 Å². The summed E-state index contributed by atoms with van der Waals surface area (Å²) in [4.78, 5) is 26.3. The zero-order chi connectivity index (χ0) is 16.3. The lowest BCUT2D eigenvalue weighted by Crippen LogP contribution is -2.55. The van der Waals surface area contributed by atoms with Crippen LogP contribution in [0.25, 0.3) is 0 Å². The fourth-order valence-corrected chi connectivity index (χ4v) is 1.45. The molecular formula is C12H13F3N2O4. The van der Waals surface area contributed by atoms with Gasteiger partial charge in [-0.1, -0.05) is 0 Å². The molecule has 0 bridgehead atoms. The second-order valence-corrected chi connectivity index (χ2v) is 4.45. The molecule has 0 spiro atoms. The first-order chi connectivity index (χ1) is 9.60. The van der Waals surface area contributed by atoms with Crippen LogP contribution in [0.1, 0.15) is 23.0 Å². The van der Waals surface area contributed by atoms with Crippen molar-refractivity contribution in [3.05, 3.63) is 29.6 Å². The Kier molecular flexibility index (Phi) is 4.89. The molecule has 2 N–H and O–H groups in total. The standard InChI is InChI=1S/C12H13F3N2O4/c1-11(6-21-2,10(19)20)17-9(18)8-4-3-7(5-16-8)12(13,14)15/h3-5H,6H2,1-2H3,(H,17,18)(H,19,20). The van der Waals surface area contributed by atoms with Gasteiger partial charge in [0, 0.05) is 13.3 Å². The number of methoxy groups -OCH3 is 1. The topological polar surface area (TPSA) is 88.5 Å². The first-order valence-electron chi connectivity index (χ1n) is 5.68. The van der Waals surface area contributed by atoms with Crippen LogP contribution in [0.2, 0.25) is 0 Å². The number of hydrogen-bond donors (Lipinski definition) is 2. The molecule has 0 aromatic carbocycles. The van der Waals surface area contributed by atoms with Crippen LogP contribution in [0.3, 0.4) is 0 Å². The smallest absolute Gasteiger partial charge is 0.417 e. The summed E-state index contributed by atoms with van der Waals surface area (Å²) in [6.07, 6.45) is -4.06. The second-order valence-electron chi connectivity index (χ2n) is 4.45.